The fourth-order valence-corrected chi connectivity index (χ4v) is 3.74. The summed E-state index contributed by atoms with van der Waals surface area (Å²) in [6.45, 7) is 0.363. The summed E-state index contributed by atoms with van der Waals surface area (Å²) in [5, 5.41) is -0.807. The van der Waals surface area contributed by atoms with E-state index in [-0.39, 0.29) is 5.37 Å². The molecule has 24 heavy (non-hydrogen) atoms. The quantitative estimate of drug-likeness (QED) is 0.844. The van der Waals surface area contributed by atoms with E-state index in [4.69, 9.17) is 5.73 Å². The second-order valence-corrected chi connectivity index (χ2v) is 6.65. The Morgan fingerprint density at radius 2 is 1.71 bits per heavy atom. The zero-order valence-corrected chi connectivity index (χ0v) is 13.7. The molecule has 2 aromatic carbocycles. The van der Waals surface area contributed by atoms with Crippen LogP contribution in [0.3, 0.4) is 0 Å². The van der Waals surface area contributed by atoms with Crippen LogP contribution in [0, 0.1) is 0 Å². The van der Waals surface area contributed by atoms with Gasteiger partial charge in [-0.1, -0.05) is 60.3 Å². The largest absolute Gasteiger partial charge is 0.366 e. The molecule has 2 amide bonds. The standard InChI is InChI=1S/C18H16N2O3S/c19-16(21)14-9-5-4-8-13(14)10-15-20(17(22)18(23)24-15)11-12-6-2-1-3-7-12/h1-9,15H,10-11H2,(H2,19,21). The van der Waals surface area contributed by atoms with Crippen LogP contribution in [-0.2, 0) is 22.6 Å². The second kappa shape index (κ2) is 6.88. The van der Waals surface area contributed by atoms with Crippen molar-refractivity contribution in [1.29, 1.82) is 0 Å². The fraction of sp³-hybridized carbons (Fsp3) is 0.167. The van der Waals surface area contributed by atoms with Crippen molar-refractivity contribution in [2.75, 3.05) is 0 Å². The number of amides is 2. The van der Waals surface area contributed by atoms with Gasteiger partial charge in [0.25, 0.3) is 5.12 Å². The molecule has 0 aliphatic carbocycles. The molecule has 0 bridgehead atoms. The lowest BCUT2D eigenvalue weighted by Crippen LogP contribution is -2.34. The zero-order chi connectivity index (χ0) is 17.1. The molecule has 1 fully saturated rings. The first-order valence-corrected chi connectivity index (χ1v) is 8.37. The first-order chi connectivity index (χ1) is 11.6. The highest BCUT2D eigenvalue weighted by Crippen LogP contribution is 2.31. The molecule has 2 N–H and O–H groups in total. The minimum Gasteiger partial charge on any atom is -0.366 e. The molecule has 1 aliphatic heterocycles. The minimum absolute atomic E-state index is 0.342. The first-order valence-electron chi connectivity index (χ1n) is 7.49. The highest BCUT2D eigenvalue weighted by molar-refractivity contribution is 8.16. The molecule has 5 nitrogen and oxygen atoms in total. The summed E-state index contributed by atoms with van der Waals surface area (Å²) in [7, 11) is 0. The third kappa shape index (κ3) is 3.33. The maximum atomic E-state index is 12.2. The maximum Gasteiger partial charge on any atom is 0.302 e. The topological polar surface area (TPSA) is 80.5 Å². The molecule has 0 aromatic heterocycles. The van der Waals surface area contributed by atoms with Gasteiger partial charge in [-0.3, -0.25) is 14.4 Å². The van der Waals surface area contributed by atoms with Crippen LogP contribution < -0.4 is 5.73 Å². The molecule has 122 valence electrons. The summed E-state index contributed by atoms with van der Waals surface area (Å²) in [6, 6.07) is 16.5. The van der Waals surface area contributed by atoms with Crippen molar-refractivity contribution in [2.24, 2.45) is 5.73 Å². The fourth-order valence-electron chi connectivity index (χ4n) is 2.72. The highest BCUT2D eigenvalue weighted by Gasteiger charge is 2.39. The van der Waals surface area contributed by atoms with Gasteiger partial charge in [0.15, 0.2) is 0 Å². The number of hydrogen-bond donors (Lipinski definition) is 1. The molecule has 1 heterocycles. The van der Waals surface area contributed by atoms with E-state index in [9.17, 15) is 14.4 Å². The van der Waals surface area contributed by atoms with Gasteiger partial charge in [0.2, 0.25) is 5.91 Å². The lowest BCUT2D eigenvalue weighted by molar-refractivity contribution is -0.139. The van der Waals surface area contributed by atoms with Crippen molar-refractivity contribution in [2.45, 2.75) is 18.3 Å². The Labute approximate surface area is 143 Å². The van der Waals surface area contributed by atoms with E-state index in [0.29, 0.717) is 18.5 Å². The van der Waals surface area contributed by atoms with Gasteiger partial charge in [0.05, 0.1) is 5.37 Å². The molecule has 1 atom stereocenters. The molecular formula is C18H16N2O3S. The second-order valence-electron chi connectivity index (χ2n) is 5.50. The number of thioether (sulfide) groups is 1. The lowest BCUT2D eigenvalue weighted by Gasteiger charge is -2.23. The smallest absolute Gasteiger partial charge is 0.302 e. The van der Waals surface area contributed by atoms with Crippen LogP contribution in [0.5, 0.6) is 0 Å². The van der Waals surface area contributed by atoms with Crippen molar-refractivity contribution in [3.63, 3.8) is 0 Å². The van der Waals surface area contributed by atoms with Gasteiger partial charge in [-0.2, -0.15) is 0 Å². The van der Waals surface area contributed by atoms with E-state index in [1.165, 1.54) is 0 Å². The number of benzene rings is 2. The Hall–Kier alpha value is -2.60. The summed E-state index contributed by atoms with van der Waals surface area (Å²) in [6.07, 6.45) is 0.397. The van der Waals surface area contributed by atoms with Gasteiger partial charge >= 0.3 is 5.91 Å². The monoisotopic (exact) mass is 340 g/mol. The average molecular weight is 340 g/mol. The average Bonchev–Trinajstić information content (AvgIpc) is 2.84. The number of carbonyl (C=O) groups is 3. The van der Waals surface area contributed by atoms with Gasteiger partial charge in [-0.25, -0.2) is 0 Å². The van der Waals surface area contributed by atoms with E-state index in [2.05, 4.69) is 0 Å². The number of rotatable bonds is 5. The highest BCUT2D eigenvalue weighted by atomic mass is 32.2. The maximum absolute atomic E-state index is 12.2. The summed E-state index contributed by atoms with van der Waals surface area (Å²) >= 11 is 1.00. The Bertz CT molecular complexity index is 792. The van der Waals surface area contributed by atoms with Crippen molar-refractivity contribution >= 4 is 28.7 Å². The third-order valence-electron chi connectivity index (χ3n) is 3.90. The van der Waals surface area contributed by atoms with Crippen LogP contribution in [0.4, 0.5) is 0 Å². The van der Waals surface area contributed by atoms with Gasteiger partial charge < -0.3 is 10.6 Å². The number of nitrogens with two attached hydrogens (primary N) is 1. The molecule has 6 heteroatoms. The lowest BCUT2D eigenvalue weighted by atomic mass is 10.0. The number of primary amides is 1. The van der Waals surface area contributed by atoms with Gasteiger partial charge in [0, 0.05) is 18.5 Å². The molecule has 3 rings (SSSR count). The van der Waals surface area contributed by atoms with E-state index in [0.717, 1.165) is 22.9 Å². The predicted molar refractivity (Wildman–Crippen MR) is 92.0 cm³/mol. The minimum atomic E-state index is -0.513. The molecular weight excluding hydrogens is 324 g/mol. The molecule has 1 saturated heterocycles. The summed E-state index contributed by atoms with van der Waals surface area (Å²) in [5.74, 6) is -1.01. The normalized spacial score (nSPS) is 17.3. The van der Waals surface area contributed by atoms with Crippen LogP contribution in [0.25, 0.3) is 0 Å². The first kappa shape index (κ1) is 16.3. The number of nitrogens with zero attached hydrogens (tertiary/aromatic N) is 1. The van der Waals surface area contributed by atoms with Crippen LogP contribution >= 0.6 is 11.8 Å². The Morgan fingerprint density at radius 3 is 2.42 bits per heavy atom. The molecule has 0 saturated carbocycles. The Kier molecular flexibility index (Phi) is 4.66. The Balaban J connectivity index is 1.84. The molecule has 2 aromatic rings. The van der Waals surface area contributed by atoms with Crippen LogP contribution in [-0.4, -0.2) is 27.2 Å². The molecule has 0 spiro atoms. The van der Waals surface area contributed by atoms with Crippen molar-refractivity contribution < 1.29 is 14.4 Å². The summed E-state index contributed by atoms with van der Waals surface area (Å²) in [4.78, 5) is 37.2. The van der Waals surface area contributed by atoms with Gasteiger partial charge in [-0.05, 0) is 17.2 Å². The molecule has 0 radical (unpaired) electrons. The van der Waals surface area contributed by atoms with Crippen LogP contribution in [0.1, 0.15) is 21.5 Å². The Morgan fingerprint density at radius 1 is 1.04 bits per heavy atom. The van der Waals surface area contributed by atoms with E-state index in [1.54, 1.807) is 23.1 Å². The third-order valence-corrected chi connectivity index (χ3v) is 4.98. The van der Waals surface area contributed by atoms with Crippen LogP contribution in [0.2, 0.25) is 0 Å². The van der Waals surface area contributed by atoms with Crippen LogP contribution in [0.15, 0.2) is 54.6 Å². The SMILES string of the molecule is NC(=O)c1ccccc1CC1SC(=O)C(=O)N1Cc1ccccc1. The van der Waals surface area contributed by atoms with Gasteiger partial charge in [-0.15, -0.1) is 0 Å². The van der Waals surface area contributed by atoms with E-state index >= 15 is 0 Å². The summed E-state index contributed by atoms with van der Waals surface area (Å²) < 4.78 is 0. The van der Waals surface area contributed by atoms with E-state index in [1.807, 2.05) is 36.4 Å². The number of carbonyl (C=O) groups excluding carboxylic acids is 3. The summed E-state index contributed by atoms with van der Waals surface area (Å²) in [5.41, 5.74) is 7.52. The molecule has 1 unspecified atom stereocenters. The number of hydrogen-bond acceptors (Lipinski definition) is 4. The van der Waals surface area contributed by atoms with Crippen molar-refractivity contribution in [3.8, 4) is 0 Å². The van der Waals surface area contributed by atoms with Gasteiger partial charge in [0.1, 0.15) is 0 Å². The molecule has 1 aliphatic rings. The zero-order valence-electron chi connectivity index (χ0n) is 12.8. The van der Waals surface area contributed by atoms with E-state index < -0.39 is 16.9 Å². The van der Waals surface area contributed by atoms with Crippen molar-refractivity contribution in [3.05, 3.63) is 71.3 Å². The van der Waals surface area contributed by atoms with Crippen molar-refractivity contribution in [1.82, 2.24) is 4.90 Å². The predicted octanol–water partition coefficient (Wildman–Crippen LogP) is 1.96.